The Morgan fingerprint density at radius 1 is 1.11 bits per heavy atom. The monoisotopic (exact) mass is 403 g/mol. The first-order chi connectivity index (χ1) is 13.3. The van der Waals surface area contributed by atoms with Crippen molar-refractivity contribution in [1.82, 2.24) is 14.4 Å². The number of hydrogen-bond donors (Lipinski definition) is 0. The standard InChI is InChI=1S/C21H29N3O3S/c1-13-10-14(2)16(4)20(15(13)3)28(25,26)24-9-5-6-17(12-24)11-19-22-21(23-27-19)18-7-8-18/h10,17-18H,5-9,11-12H2,1-4H3. The molecule has 1 saturated carbocycles. The molecule has 2 fully saturated rings. The zero-order valence-corrected chi connectivity index (χ0v) is 18.0. The van der Waals surface area contributed by atoms with E-state index in [1.807, 2.05) is 27.7 Å². The van der Waals surface area contributed by atoms with E-state index in [0.29, 0.717) is 36.2 Å². The van der Waals surface area contributed by atoms with E-state index in [1.54, 1.807) is 4.31 Å². The predicted octanol–water partition coefficient (Wildman–Crippen LogP) is 3.82. The molecule has 1 aromatic heterocycles. The van der Waals surface area contributed by atoms with Gasteiger partial charge in [0.25, 0.3) is 0 Å². The van der Waals surface area contributed by atoms with E-state index in [-0.39, 0.29) is 5.92 Å². The van der Waals surface area contributed by atoms with Gasteiger partial charge in [-0.3, -0.25) is 0 Å². The summed E-state index contributed by atoms with van der Waals surface area (Å²) < 4.78 is 34.1. The van der Waals surface area contributed by atoms with Gasteiger partial charge in [-0.15, -0.1) is 0 Å². The molecule has 152 valence electrons. The van der Waals surface area contributed by atoms with Gasteiger partial charge < -0.3 is 4.52 Å². The third-order valence-corrected chi connectivity index (χ3v) is 8.41. The third-order valence-electron chi connectivity index (χ3n) is 6.27. The molecule has 7 heteroatoms. The van der Waals surface area contributed by atoms with Crippen molar-refractivity contribution in [3.63, 3.8) is 0 Å². The van der Waals surface area contributed by atoms with Crippen molar-refractivity contribution in [2.75, 3.05) is 13.1 Å². The van der Waals surface area contributed by atoms with Gasteiger partial charge in [-0.25, -0.2) is 8.42 Å². The maximum Gasteiger partial charge on any atom is 0.243 e. The first kappa shape index (κ1) is 19.6. The summed E-state index contributed by atoms with van der Waals surface area (Å²) in [5, 5.41) is 4.08. The minimum atomic E-state index is -3.53. The van der Waals surface area contributed by atoms with Crippen LogP contribution >= 0.6 is 0 Å². The van der Waals surface area contributed by atoms with Crippen molar-refractivity contribution in [2.24, 2.45) is 5.92 Å². The van der Waals surface area contributed by atoms with Crippen molar-refractivity contribution in [3.05, 3.63) is 40.0 Å². The minimum Gasteiger partial charge on any atom is -0.339 e. The molecule has 1 unspecified atom stereocenters. The Labute approximate surface area is 167 Å². The molecular formula is C21H29N3O3S. The molecule has 28 heavy (non-hydrogen) atoms. The molecule has 1 atom stereocenters. The fourth-order valence-electron chi connectivity index (χ4n) is 4.21. The molecule has 0 bridgehead atoms. The van der Waals surface area contributed by atoms with Crippen LogP contribution in [-0.2, 0) is 16.4 Å². The lowest BCUT2D eigenvalue weighted by Gasteiger charge is -2.32. The number of sulfonamides is 1. The van der Waals surface area contributed by atoms with Gasteiger partial charge in [0.15, 0.2) is 5.82 Å². The first-order valence-corrected chi connectivity index (χ1v) is 11.6. The predicted molar refractivity (Wildman–Crippen MR) is 107 cm³/mol. The summed E-state index contributed by atoms with van der Waals surface area (Å²) in [5.41, 5.74) is 3.76. The van der Waals surface area contributed by atoms with Gasteiger partial charge in [-0.2, -0.15) is 9.29 Å². The van der Waals surface area contributed by atoms with Crippen LogP contribution in [0.2, 0.25) is 0 Å². The number of piperidine rings is 1. The SMILES string of the molecule is Cc1cc(C)c(C)c(S(=O)(=O)N2CCCC(Cc3nc(C4CC4)no3)C2)c1C. The second-order valence-electron chi connectivity index (χ2n) is 8.49. The summed E-state index contributed by atoms with van der Waals surface area (Å²) in [4.78, 5) is 5.00. The van der Waals surface area contributed by atoms with E-state index in [2.05, 4.69) is 16.2 Å². The number of benzene rings is 1. The van der Waals surface area contributed by atoms with Crippen LogP contribution in [0.4, 0.5) is 0 Å². The highest BCUT2D eigenvalue weighted by Gasteiger charge is 2.34. The molecule has 1 aliphatic carbocycles. The molecule has 0 spiro atoms. The lowest BCUT2D eigenvalue weighted by Crippen LogP contribution is -2.41. The fourth-order valence-corrected chi connectivity index (χ4v) is 6.34. The van der Waals surface area contributed by atoms with Crippen LogP contribution in [0, 0.1) is 33.6 Å². The van der Waals surface area contributed by atoms with Gasteiger partial charge in [-0.1, -0.05) is 11.2 Å². The van der Waals surface area contributed by atoms with E-state index in [0.717, 1.165) is 53.8 Å². The Bertz CT molecular complexity index is 966. The lowest BCUT2D eigenvalue weighted by molar-refractivity contribution is 0.246. The number of hydrogen-bond acceptors (Lipinski definition) is 5. The zero-order valence-electron chi connectivity index (χ0n) is 17.2. The van der Waals surface area contributed by atoms with Crippen molar-refractivity contribution < 1.29 is 12.9 Å². The van der Waals surface area contributed by atoms with Gasteiger partial charge >= 0.3 is 0 Å². The highest BCUT2D eigenvalue weighted by Crippen LogP contribution is 2.38. The Balaban J connectivity index is 1.55. The fraction of sp³-hybridized carbons (Fsp3) is 0.619. The minimum absolute atomic E-state index is 0.211. The third kappa shape index (κ3) is 3.62. The summed E-state index contributed by atoms with van der Waals surface area (Å²) in [6.07, 6.45) is 4.77. The lowest BCUT2D eigenvalue weighted by atomic mass is 9.96. The van der Waals surface area contributed by atoms with Gasteiger partial charge in [0.2, 0.25) is 15.9 Å². The molecule has 1 aliphatic heterocycles. The van der Waals surface area contributed by atoms with Gasteiger partial charge in [0.1, 0.15) is 0 Å². The van der Waals surface area contributed by atoms with Crippen LogP contribution in [0.3, 0.4) is 0 Å². The molecule has 1 saturated heterocycles. The molecule has 2 aromatic rings. The number of nitrogens with zero attached hydrogens (tertiary/aromatic N) is 3. The Hall–Kier alpha value is -1.73. The topological polar surface area (TPSA) is 76.3 Å². The quantitative estimate of drug-likeness (QED) is 0.758. The normalized spacial score (nSPS) is 21.2. The van der Waals surface area contributed by atoms with Crippen molar-refractivity contribution in [1.29, 1.82) is 0 Å². The van der Waals surface area contributed by atoms with E-state index < -0.39 is 10.0 Å². The van der Waals surface area contributed by atoms with E-state index in [9.17, 15) is 8.42 Å². The maximum absolute atomic E-state index is 13.5. The molecular weight excluding hydrogens is 374 g/mol. The second kappa shape index (κ2) is 7.26. The molecule has 1 aromatic carbocycles. The van der Waals surface area contributed by atoms with Crippen LogP contribution in [0.1, 0.15) is 65.6 Å². The van der Waals surface area contributed by atoms with Gasteiger partial charge in [-0.05, 0) is 81.5 Å². The number of aryl methyl sites for hydroxylation is 2. The first-order valence-electron chi connectivity index (χ1n) is 10.2. The van der Waals surface area contributed by atoms with E-state index in [1.165, 1.54) is 0 Å². The maximum atomic E-state index is 13.5. The van der Waals surface area contributed by atoms with Crippen molar-refractivity contribution in [3.8, 4) is 0 Å². The molecule has 2 heterocycles. The summed E-state index contributed by atoms with van der Waals surface area (Å²) in [6.45, 7) is 8.86. The highest BCUT2D eigenvalue weighted by atomic mass is 32.2. The van der Waals surface area contributed by atoms with Crippen molar-refractivity contribution in [2.45, 2.75) is 70.6 Å². The molecule has 0 radical (unpaired) electrons. The van der Waals surface area contributed by atoms with Crippen LogP contribution in [0.15, 0.2) is 15.5 Å². The van der Waals surface area contributed by atoms with Crippen LogP contribution in [0.25, 0.3) is 0 Å². The average molecular weight is 404 g/mol. The second-order valence-corrected chi connectivity index (χ2v) is 10.4. The van der Waals surface area contributed by atoms with Crippen LogP contribution in [-0.4, -0.2) is 36.0 Å². The molecule has 4 rings (SSSR count). The Morgan fingerprint density at radius 2 is 1.79 bits per heavy atom. The van der Waals surface area contributed by atoms with Crippen LogP contribution in [0.5, 0.6) is 0 Å². The number of aromatic nitrogens is 2. The Kier molecular flexibility index (Phi) is 5.08. The number of rotatable bonds is 5. The van der Waals surface area contributed by atoms with E-state index >= 15 is 0 Å². The summed E-state index contributed by atoms with van der Waals surface area (Å²) in [5.74, 6) is 2.14. The summed E-state index contributed by atoms with van der Waals surface area (Å²) in [6, 6.07) is 2.07. The highest BCUT2D eigenvalue weighted by molar-refractivity contribution is 7.89. The van der Waals surface area contributed by atoms with Crippen LogP contribution < -0.4 is 0 Å². The van der Waals surface area contributed by atoms with Crippen molar-refractivity contribution >= 4 is 10.0 Å². The van der Waals surface area contributed by atoms with E-state index in [4.69, 9.17) is 4.52 Å². The summed E-state index contributed by atoms with van der Waals surface area (Å²) in [7, 11) is -3.53. The van der Waals surface area contributed by atoms with Gasteiger partial charge in [0.05, 0.1) is 4.90 Å². The molecule has 0 N–H and O–H groups in total. The zero-order chi connectivity index (χ0) is 20.1. The smallest absolute Gasteiger partial charge is 0.243 e. The summed E-state index contributed by atoms with van der Waals surface area (Å²) >= 11 is 0. The molecule has 6 nitrogen and oxygen atoms in total. The average Bonchev–Trinajstić information content (AvgIpc) is 3.40. The molecule has 2 aliphatic rings. The van der Waals surface area contributed by atoms with Gasteiger partial charge in [0, 0.05) is 25.4 Å². The largest absolute Gasteiger partial charge is 0.339 e. The Morgan fingerprint density at radius 3 is 2.43 bits per heavy atom. The molecule has 0 amide bonds.